The van der Waals surface area contributed by atoms with Crippen molar-refractivity contribution < 1.29 is 17.6 Å². The summed E-state index contributed by atoms with van der Waals surface area (Å²) in [5, 5.41) is 0. The molecule has 1 aromatic carbocycles. The van der Waals surface area contributed by atoms with E-state index in [1.807, 2.05) is 0 Å². The number of carbonyl (C=O) groups excluding carboxylic acids is 1. The average Bonchev–Trinajstić information content (AvgIpc) is 2.48. The zero-order chi connectivity index (χ0) is 16.2. The van der Waals surface area contributed by atoms with Gasteiger partial charge in [0.05, 0.1) is 17.1 Å². The summed E-state index contributed by atoms with van der Waals surface area (Å²) in [5.41, 5.74) is 5.13. The fourth-order valence-corrected chi connectivity index (χ4v) is 3.90. The number of primary amides is 1. The van der Waals surface area contributed by atoms with Crippen LogP contribution in [0.4, 0.5) is 4.39 Å². The maximum absolute atomic E-state index is 13.9. The molecule has 0 aromatic heterocycles. The highest BCUT2D eigenvalue weighted by molar-refractivity contribution is 7.91. The Morgan fingerprint density at radius 1 is 1.23 bits per heavy atom. The van der Waals surface area contributed by atoms with Crippen LogP contribution in [0, 0.1) is 5.82 Å². The third-order valence-corrected chi connectivity index (χ3v) is 5.57. The van der Waals surface area contributed by atoms with E-state index >= 15 is 0 Å². The summed E-state index contributed by atoms with van der Waals surface area (Å²) in [4.78, 5) is 12.9. The van der Waals surface area contributed by atoms with E-state index in [4.69, 9.17) is 5.73 Å². The van der Waals surface area contributed by atoms with E-state index in [9.17, 15) is 17.6 Å². The predicted molar refractivity (Wildman–Crippen MR) is 81.6 cm³/mol. The summed E-state index contributed by atoms with van der Waals surface area (Å²) in [5.74, 6) is -1.39. The van der Waals surface area contributed by atoms with Crippen LogP contribution in [0.25, 0.3) is 0 Å². The fraction of sp³-hybridized carbons (Fsp3) is 0.533. The normalized spacial score (nSPS) is 16.6. The quantitative estimate of drug-likeness (QED) is 0.848. The van der Waals surface area contributed by atoms with E-state index in [-0.39, 0.29) is 22.6 Å². The van der Waals surface area contributed by atoms with Crippen molar-refractivity contribution in [2.24, 2.45) is 5.73 Å². The molecule has 2 rings (SSSR count). The molecule has 1 aromatic rings. The second-order valence-electron chi connectivity index (χ2n) is 5.62. The Kier molecular flexibility index (Phi) is 5.52. The minimum absolute atomic E-state index is 0.0262. The summed E-state index contributed by atoms with van der Waals surface area (Å²) in [7, 11) is -3.53. The number of sulfone groups is 1. The predicted octanol–water partition coefficient (Wildman–Crippen LogP) is 1.11. The first kappa shape index (κ1) is 16.9. The number of nitrogens with two attached hydrogens (primary N) is 1. The van der Waals surface area contributed by atoms with Crippen LogP contribution in [0.3, 0.4) is 0 Å². The lowest BCUT2D eigenvalue weighted by atomic mass is 10.1. The van der Waals surface area contributed by atoms with Gasteiger partial charge in [-0.1, -0.05) is 12.5 Å². The number of rotatable bonds is 6. The van der Waals surface area contributed by atoms with Gasteiger partial charge in [-0.2, -0.15) is 0 Å². The topological polar surface area (TPSA) is 80.5 Å². The zero-order valence-electron chi connectivity index (χ0n) is 12.4. The van der Waals surface area contributed by atoms with Crippen molar-refractivity contribution >= 4 is 15.7 Å². The van der Waals surface area contributed by atoms with Gasteiger partial charge in [0.1, 0.15) is 5.82 Å². The van der Waals surface area contributed by atoms with Gasteiger partial charge in [-0.25, -0.2) is 12.8 Å². The smallest absolute Gasteiger partial charge is 0.221 e. The van der Waals surface area contributed by atoms with Crippen molar-refractivity contribution in [2.75, 3.05) is 25.4 Å². The summed E-state index contributed by atoms with van der Waals surface area (Å²) < 4.78 is 38.4. The van der Waals surface area contributed by atoms with Crippen molar-refractivity contribution in [3.8, 4) is 0 Å². The highest BCUT2D eigenvalue weighted by atomic mass is 32.2. The molecule has 1 saturated heterocycles. The maximum atomic E-state index is 13.9. The van der Waals surface area contributed by atoms with Gasteiger partial charge in [0.15, 0.2) is 9.84 Å². The molecule has 0 saturated carbocycles. The maximum Gasteiger partial charge on any atom is 0.221 e. The Morgan fingerprint density at radius 2 is 1.91 bits per heavy atom. The van der Waals surface area contributed by atoms with Gasteiger partial charge in [-0.3, -0.25) is 4.79 Å². The van der Waals surface area contributed by atoms with Gasteiger partial charge in [-0.05, 0) is 43.6 Å². The molecule has 1 fully saturated rings. The van der Waals surface area contributed by atoms with Gasteiger partial charge < -0.3 is 10.6 Å². The molecule has 0 atom stereocenters. The summed E-state index contributed by atoms with van der Waals surface area (Å²) in [6, 6.07) is 3.63. The van der Waals surface area contributed by atoms with E-state index in [1.54, 1.807) is 0 Å². The number of likely N-dealkylation sites (tertiary alicyclic amines) is 1. The molecule has 2 N–H and O–H groups in total. The molecule has 122 valence electrons. The number of hydrogen-bond donors (Lipinski definition) is 1. The van der Waals surface area contributed by atoms with Crippen molar-refractivity contribution in [1.82, 2.24) is 4.90 Å². The van der Waals surface area contributed by atoms with E-state index in [0.29, 0.717) is 6.54 Å². The SMILES string of the molecule is NC(=O)Cc1ccc(S(=O)(=O)CCN2CCCCC2)cc1F. The molecule has 1 aliphatic heterocycles. The number of piperidine rings is 1. The zero-order valence-corrected chi connectivity index (χ0v) is 13.2. The summed E-state index contributed by atoms with van der Waals surface area (Å²) in [6.07, 6.45) is 3.14. The highest BCUT2D eigenvalue weighted by Gasteiger charge is 2.19. The third-order valence-electron chi connectivity index (χ3n) is 3.87. The molecule has 1 aliphatic rings. The molecule has 7 heteroatoms. The monoisotopic (exact) mass is 328 g/mol. The van der Waals surface area contributed by atoms with E-state index in [1.165, 1.54) is 18.6 Å². The Morgan fingerprint density at radius 3 is 2.50 bits per heavy atom. The lowest BCUT2D eigenvalue weighted by Gasteiger charge is -2.26. The van der Waals surface area contributed by atoms with Crippen LogP contribution in [0.1, 0.15) is 24.8 Å². The summed E-state index contributed by atoms with van der Waals surface area (Å²) in [6.45, 7) is 2.30. The van der Waals surface area contributed by atoms with Gasteiger partial charge in [0.25, 0.3) is 0 Å². The Labute approximate surface area is 130 Å². The first-order chi connectivity index (χ1) is 10.4. The van der Waals surface area contributed by atoms with Gasteiger partial charge in [-0.15, -0.1) is 0 Å². The molecular formula is C15H21FN2O3S. The first-order valence-electron chi connectivity index (χ1n) is 7.40. The van der Waals surface area contributed by atoms with Crippen molar-refractivity contribution in [2.45, 2.75) is 30.6 Å². The number of halogens is 1. The van der Waals surface area contributed by atoms with Gasteiger partial charge >= 0.3 is 0 Å². The minimum Gasteiger partial charge on any atom is -0.369 e. The van der Waals surface area contributed by atoms with Gasteiger partial charge in [0, 0.05) is 6.54 Å². The summed E-state index contributed by atoms with van der Waals surface area (Å²) >= 11 is 0. The molecule has 0 aliphatic carbocycles. The Hall–Kier alpha value is -1.47. The molecule has 0 spiro atoms. The van der Waals surface area contributed by atoms with E-state index in [0.717, 1.165) is 32.0 Å². The molecule has 0 unspecified atom stereocenters. The molecule has 5 nitrogen and oxygen atoms in total. The number of amides is 1. The molecule has 22 heavy (non-hydrogen) atoms. The Bertz CT molecular complexity index is 640. The standard InChI is InChI=1S/C15H21FN2O3S/c16-14-11-13(5-4-12(14)10-15(17)19)22(20,21)9-8-18-6-2-1-3-7-18/h4-5,11H,1-3,6-10H2,(H2,17,19). The molecular weight excluding hydrogens is 307 g/mol. The molecule has 0 radical (unpaired) electrons. The largest absolute Gasteiger partial charge is 0.369 e. The van der Waals surface area contributed by atoms with Crippen LogP contribution < -0.4 is 5.73 Å². The fourth-order valence-electron chi connectivity index (χ4n) is 2.60. The van der Waals surface area contributed by atoms with Crippen LogP contribution in [-0.2, 0) is 21.1 Å². The van der Waals surface area contributed by atoms with Crippen molar-refractivity contribution in [3.63, 3.8) is 0 Å². The lowest BCUT2D eigenvalue weighted by molar-refractivity contribution is -0.117. The van der Waals surface area contributed by atoms with Crippen LogP contribution in [0.5, 0.6) is 0 Å². The average molecular weight is 328 g/mol. The second-order valence-corrected chi connectivity index (χ2v) is 7.73. The second kappa shape index (κ2) is 7.19. The number of carbonyl (C=O) groups is 1. The molecule has 1 amide bonds. The molecule has 1 heterocycles. The van der Waals surface area contributed by atoms with Crippen molar-refractivity contribution in [1.29, 1.82) is 0 Å². The van der Waals surface area contributed by atoms with Crippen molar-refractivity contribution in [3.05, 3.63) is 29.6 Å². The van der Waals surface area contributed by atoms with Gasteiger partial charge in [0.2, 0.25) is 5.91 Å². The van der Waals surface area contributed by atoms with Crippen LogP contribution in [0.15, 0.2) is 23.1 Å². The number of benzene rings is 1. The third kappa shape index (κ3) is 4.51. The van der Waals surface area contributed by atoms with Crippen LogP contribution in [-0.4, -0.2) is 44.6 Å². The van der Waals surface area contributed by atoms with Crippen LogP contribution >= 0.6 is 0 Å². The van der Waals surface area contributed by atoms with E-state index in [2.05, 4.69) is 4.90 Å². The lowest BCUT2D eigenvalue weighted by Crippen LogP contribution is -2.34. The highest BCUT2D eigenvalue weighted by Crippen LogP contribution is 2.17. The Balaban J connectivity index is 2.05. The van der Waals surface area contributed by atoms with Crippen LogP contribution in [0.2, 0.25) is 0 Å². The number of nitrogens with zero attached hydrogens (tertiary/aromatic N) is 1. The molecule has 0 bridgehead atoms. The van der Waals surface area contributed by atoms with E-state index < -0.39 is 21.6 Å². The minimum atomic E-state index is -3.53. The number of hydrogen-bond acceptors (Lipinski definition) is 4. The first-order valence-corrected chi connectivity index (χ1v) is 9.05.